The molecule has 1 aromatic heterocycles. The van der Waals surface area contributed by atoms with Crippen LogP contribution in [0, 0.1) is 29.1 Å². The fourth-order valence-electron chi connectivity index (χ4n) is 5.27. The molecule has 2 saturated heterocycles. The Morgan fingerprint density at radius 2 is 1.91 bits per heavy atom. The topological polar surface area (TPSA) is 94.3 Å². The number of aryl methyl sites for hydroxylation is 1. The molecule has 0 bridgehead atoms. The molecular weight excluding hydrogens is 461 g/mol. The van der Waals surface area contributed by atoms with Gasteiger partial charge in [0.25, 0.3) is 5.91 Å². The number of halogens is 3. The Morgan fingerprint density at radius 3 is 2.49 bits per heavy atom. The maximum absolute atomic E-state index is 13.4. The number of imidazole rings is 1. The highest BCUT2D eigenvalue weighted by atomic mass is 19.4. The molecule has 11 heteroatoms. The summed E-state index contributed by atoms with van der Waals surface area (Å²) >= 11 is 0. The molecule has 8 nitrogen and oxygen atoms in total. The van der Waals surface area contributed by atoms with Crippen LogP contribution in [0.4, 0.5) is 18.9 Å². The minimum atomic E-state index is -4.60. The molecule has 0 radical (unpaired) electrons. The number of amides is 2. The molecule has 2 aromatic rings. The van der Waals surface area contributed by atoms with Crippen LogP contribution in [0.5, 0.6) is 0 Å². The maximum atomic E-state index is 13.4. The Bertz CT molecular complexity index is 1150. The van der Waals surface area contributed by atoms with Crippen molar-refractivity contribution in [2.75, 3.05) is 38.1 Å². The first-order chi connectivity index (χ1) is 16.6. The highest BCUT2D eigenvalue weighted by Crippen LogP contribution is 2.39. The molecule has 35 heavy (non-hydrogen) atoms. The summed E-state index contributed by atoms with van der Waals surface area (Å²) in [6.07, 6.45) is -0.0280. The van der Waals surface area contributed by atoms with Gasteiger partial charge in [-0.3, -0.25) is 9.59 Å². The van der Waals surface area contributed by atoms with E-state index in [9.17, 15) is 22.8 Å². The van der Waals surface area contributed by atoms with E-state index in [1.165, 1.54) is 6.07 Å². The predicted octanol–water partition coefficient (Wildman–Crippen LogP) is 2.66. The smallest absolute Gasteiger partial charge is 0.372 e. The number of nitrogens with zero attached hydrogens (tertiary/aromatic N) is 5. The average molecular weight is 489 g/mol. The summed E-state index contributed by atoms with van der Waals surface area (Å²) in [6, 6.07) is 5.40. The first-order valence-corrected chi connectivity index (χ1v) is 11.5. The molecular formula is C24H27F3N6O2. The third-order valence-electron chi connectivity index (χ3n) is 7.10. The van der Waals surface area contributed by atoms with Crippen molar-refractivity contribution in [3.05, 3.63) is 47.5 Å². The molecule has 0 unspecified atom stereocenters. The number of benzene rings is 1. The van der Waals surface area contributed by atoms with E-state index in [1.807, 2.05) is 4.90 Å². The second kappa shape index (κ2) is 9.60. The van der Waals surface area contributed by atoms with Crippen molar-refractivity contribution in [2.24, 2.45) is 24.8 Å². The molecule has 0 saturated carbocycles. The minimum Gasteiger partial charge on any atom is -0.372 e. The van der Waals surface area contributed by atoms with Gasteiger partial charge in [0.15, 0.2) is 0 Å². The molecule has 2 aliphatic heterocycles. The van der Waals surface area contributed by atoms with Crippen molar-refractivity contribution in [3.63, 3.8) is 0 Å². The van der Waals surface area contributed by atoms with Crippen molar-refractivity contribution in [2.45, 2.75) is 19.0 Å². The maximum Gasteiger partial charge on any atom is 0.417 e. The number of nitrogens with one attached hydrogen (secondary N) is 1. The van der Waals surface area contributed by atoms with Gasteiger partial charge >= 0.3 is 6.18 Å². The number of nitriles is 1. The van der Waals surface area contributed by atoms with E-state index in [0.29, 0.717) is 50.4 Å². The quantitative estimate of drug-likeness (QED) is 0.714. The van der Waals surface area contributed by atoms with Gasteiger partial charge in [-0.05, 0) is 42.9 Å². The van der Waals surface area contributed by atoms with E-state index in [4.69, 9.17) is 5.26 Å². The summed E-state index contributed by atoms with van der Waals surface area (Å²) in [5.74, 6) is -0.574. The first kappa shape index (κ1) is 24.6. The van der Waals surface area contributed by atoms with E-state index in [-0.39, 0.29) is 29.6 Å². The van der Waals surface area contributed by atoms with Crippen molar-refractivity contribution in [1.29, 1.82) is 5.26 Å². The van der Waals surface area contributed by atoms with Crippen molar-refractivity contribution >= 4 is 17.5 Å². The van der Waals surface area contributed by atoms with Crippen LogP contribution in [0.25, 0.3) is 0 Å². The van der Waals surface area contributed by atoms with E-state index >= 15 is 0 Å². The zero-order valence-electron chi connectivity index (χ0n) is 19.5. The van der Waals surface area contributed by atoms with Crippen LogP contribution in [-0.4, -0.2) is 59.5 Å². The Morgan fingerprint density at radius 1 is 1.20 bits per heavy atom. The number of alkyl halides is 3. The molecule has 0 aliphatic carbocycles. The van der Waals surface area contributed by atoms with Crippen molar-refractivity contribution in [1.82, 2.24) is 19.8 Å². The fraction of sp³-hybridized carbons (Fsp3) is 0.500. The highest BCUT2D eigenvalue weighted by Gasteiger charge is 2.44. The van der Waals surface area contributed by atoms with Crippen LogP contribution >= 0.6 is 0 Å². The van der Waals surface area contributed by atoms with E-state index < -0.39 is 17.3 Å². The Balaban J connectivity index is 1.47. The molecule has 2 fully saturated rings. The van der Waals surface area contributed by atoms with Crippen molar-refractivity contribution in [3.8, 4) is 6.07 Å². The summed E-state index contributed by atoms with van der Waals surface area (Å²) in [7, 11) is 3.36. The lowest BCUT2D eigenvalue weighted by Crippen LogP contribution is -2.41. The summed E-state index contributed by atoms with van der Waals surface area (Å²) in [5, 5.41) is 11.7. The molecule has 186 valence electrons. The van der Waals surface area contributed by atoms with E-state index in [0.717, 1.165) is 6.07 Å². The second-order valence-corrected chi connectivity index (χ2v) is 9.18. The highest BCUT2D eigenvalue weighted by molar-refractivity contribution is 5.93. The van der Waals surface area contributed by atoms with Gasteiger partial charge in [0.2, 0.25) is 5.91 Å². The molecule has 1 aromatic carbocycles. The lowest BCUT2D eigenvalue weighted by Gasteiger charge is -2.37. The van der Waals surface area contributed by atoms with Crippen LogP contribution in [0.3, 0.4) is 0 Å². The normalized spacial score (nSPS) is 21.1. The predicted molar refractivity (Wildman–Crippen MR) is 121 cm³/mol. The number of rotatable bonds is 4. The number of carbonyl (C=O) groups excluding carboxylic acids is 2. The summed E-state index contributed by atoms with van der Waals surface area (Å²) in [4.78, 5) is 33.3. The third kappa shape index (κ3) is 4.97. The summed E-state index contributed by atoms with van der Waals surface area (Å²) in [6.45, 7) is 1.80. The van der Waals surface area contributed by atoms with Crippen LogP contribution in [-0.2, 0) is 18.0 Å². The lowest BCUT2D eigenvalue weighted by atomic mass is 9.78. The van der Waals surface area contributed by atoms with Gasteiger partial charge in [0.05, 0.1) is 29.4 Å². The fourth-order valence-corrected chi connectivity index (χ4v) is 5.27. The van der Waals surface area contributed by atoms with Gasteiger partial charge in [0, 0.05) is 52.2 Å². The Labute approximate surface area is 201 Å². The SMILES string of the molecule is CNC(=O)[C@@H]1CN(C(=O)c2cn(C)cn2)C[C@H]1C1CCN(c2ccc(C#N)c(C(F)(F)F)c2)CC1. The number of hydrogen-bond acceptors (Lipinski definition) is 5. The minimum absolute atomic E-state index is 0.0449. The standard InChI is InChI=1S/C24H27F3N6O2/c1-29-22(34)19-12-33(23(35)21-13-31(2)14-30-21)11-18(19)15-5-7-32(8-6-15)17-4-3-16(10-28)20(9-17)24(25,26)27/h3-4,9,13-15,18-19H,5-8,11-12H2,1-2H3,(H,29,34)/t18-,19+/m0/s1. The van der Waals surface area contributed by atoms with Crippen molar-refractivity contribution < 1.29 is 22.8 Å². The van der Waals surface area contributed by atoms with Gasteiger partial charge in [-0.15, -0.1) is 0 Å². The zero-order chi connectivity index (χ0) is 25.3. The number of likely N-dealkylation sites (tertiary alicyclic amines) is 1. The number of carbonyl (C=O) groups is 2. The zero-order valence-corrected chi connectivity index (χ0v) is 19.5. The number of aromatic nitrogens is 2. The monoisotopic (exact) mass is 488 g/mol. The first-order valence-electron chi connectivity index (χ1n) is 11.5. The Hall–Kier alpha value is -3.55. The van der Waals surface area contributed by atoms with Crippen LogP contribution in [0.1, 0.15) is 34.5 Å². The lowest BCUT2D eigenvalue weighted by molar-refractivity contribution is -0.137. The molecule has 1 N–H and O–H groups in total. The molecule has 4 rings (SSSR count). The van der Waals surface area contributed by atoms with Crippen LogP contribution in [0.15, 0.2) is 30.7 Å². The number of anilines is 1. The van der Waals surface area contributed by atoms with Crippen LogP contribution < -0.4 is 10.2 Å². The molecule has 2 aliphatic rings. The average Bonchev–Trinajstić information content (AvgIpc) is 3.49. The van der Waals surface area contributed by atoms with Gasteiger partial charge in [-0.1, -0.05) is 0 Å². The summed E-state index contributed by atoms with van der Waals surface area (Å²) in [5.41, 5.74) is -0.567. The number of hydrogen-bond donors (Lipinski definition) is 1. The van der Waals surface area contributed by atoms with E-state index in [1.54, 1.807) is 48.2 Å². The Kier molecular flexibility index (Phi) is 6.74. The largest absolute Gasteiger partial charge is 0.417 e. The second-order valence-electron chi connectivity index (χ2n) is 9.18. The molecule has 3 heterocycles. The van der Waals surface area contributed by atoms with Gasteiger partial charge < -0.3 is 19.7 Å². The van der Waals surface area contributed by atoms with Gasteiger partial charge in [-0.25, -0.2) is 4.98 Å². The summed E-state index contributed by atoms with van der Waals surface area (Å²) < 4.78 is 41.8. The molecule has 2 amide bonds. The molecule has 0 spiro atoms. The van der Waals surface area contributed by atoms with E-state index in [2.05, 4.69) is 10.3 Å². The van der Waals surface area contributed by atoms with Crippen LogP contribution in [0.2, 0.25) is 0 Å². The molecule has 2 atom stereocenters. The number of piperidine rings is 1. The third-order valence-corrected chi connectivity index (χ3v) is 7.10. The van der Waals surface area contributed by atoms with Gasteiger partial charge in [-0.2, -0.15) is 18.4 Å². The van der Waals surface area contributed by atoms with Gasteiger partial charge in [0.1, 0.15) is 5.69 Å².